The molecule has 0 bridgehead atoms. The molecule has 0 saturated carbocycles. The maximum atomic E-state index is 14.0. The van der Waals surface area contributed by atoms with Crippen molar-refractivity contribution in [3.63, 3.8) is 0 Å². The third kappa shape index (κ3) is 12.3. The van der Waals surface area contributed by atoms with Crippen molar-refractivity contribution in [2.45, 2.75) is 76.1 Å². The number of aromatic amines is 1. The lowest BCUT2D eigenvalue weighted by molar-refractivity contribution is -0.243. The summed E-state index contributed by atoms with van der Waals surface area (Å²) in [7, 11) is 2.81. The Hall–Kier alpha value is -8.94. The van der Waals surface area contributed by atoms with Gasteiger partial charge >= 0.3 is 5.97 Å². The van der Waals surface area contributed by atoms with E-state index in [1.807, 2.05) is 6.07 Å². The first-order valence-corrected chi connectivity index (χ1v) is 28.2. The van der Waals surface area contributed by atoms with Gasteiger partial charge in [0.05, 0.1) is 85.2 Å². The summed E-state index contributed by atoms with van der Waals surface area (Å²) in [5.74, 6) is -5.55. The number of Topliss-reactive ketones (excluding diaryl/α,β-unsaturated/α-hetero) is 2. The summed E-state index contributed by atoms with van der Waals surface area (Å²) in [6.45, 7) is 2.25. The minimum atomic E-state index is -1.21. The minimum Gasteiger partial charge on any atom is -0.507 e. The number of esters is 1. The molecule has 2 aliphatic heterocycles. The number of amides is 3. The van der Waals surface area contributed by atoms with Crippen LogP contribution in [-0.4, -0.2) is 175 Å². The number of piperazine rings is 1. The van der Waals surface area contributed by atoms with Crippen molar-refractivity contribution in [2.24, 2.45) is 11.7 Å². The van der Waals surface area contributed by atoms with E-state index < -0.39 is 101 Å². The highest BCUT2D eigenvalue weighted by Gasteiger charge is 2.46. The van der Waals surface area contributed by atoms with Gasteiger partial charge < -0.3 is 78.7 Å². The lowest BCUT2D eigenvalue weighted by atomic mass is 9.73. The normalized spacial score (nSPS) is 19.9. The number of fused-ring (bicyclic) bond motifs is 4. The number of ketones is 4. The summed E-state index contributed by atoms with van der Waals surface area (Å²) in [6, 6.07) is 17.4. The third-order valence-corrected chi connectivity index (χ3v) is 16.0. The van der Waals surface area contributed by atoms with E-state index in [2.05, 4.69) is 10.3 Å². The maximum Gasteiger partial charge on any atom is 0.306 e. The Balaban J connectivity index is 0.636. The van der Waals surface area contributed by atoms with Gasteiger partial charge in [-0.15, -0.1) is 0 Å². The van der Waals surface area contributed by atoms with Crippen LogP contribution in [0, 0.1) is 5.92 Å². The molecule has 0 spiro atoms. The number of aliphatic hydroxyl groups is 1. The van der Waals surface area contributed by atoms with Gasteiger partial charge in [-0.2, -0.15) is 0 Å². The Kier molecular flexibility index (Phi) is 18.3. The van der Waals surface area contributed by atoms with Gasteiger partial charge in [0.25, 0.3) is 17.6 Å². The van der Waals surface area contributed by atoms with Gasteiger partial charge in [0.2, 0.25) is 11.7 Å². The molecule has 4 heterocycles. The number of nitrogens with zero attached hydrogens (tertiary/aromatic N) is 2. The molecule has 6 atom stereocenters. The lowest BCUT2D eigenvalue weighted by Crippen LogP contribution is -2.52. The van der Waals surface area contributed by atoms with Gasteiger partial charge in [-0.1, -0.05) is 18.2 Å². The van der Waals surface area contributed by atoms with E-state index in [-0.39, 0.29) is 136 Å². The second kappa shape index (κ2) is 26.1. The van der Waals surface area contributed by atoms with E-state index in [9.17, 15) is 53.7 Å². The average molecular weight is 1180 g/mol. The van der Waals surface area contributed by atoms with E-state index >= 15 is 0 Å². The molecule has 2 aliphatic carbocycles. The molecular weight excluding hydrogens is 1120 g/mol. The summed E-state index contributed by atoms with van der Waals surface area (Å²) in [5.41, 5.74) is 6.92. The maximum absolute atomic E-state index is 14.0. The molecular formula is C62H65N5O19. The van der Waals surface area contributed by atoms with Gasteiger partial charge in [0.15, 0.2) is 17.9 Å². The quantitative estimate of drug-likeness (QED) is 0.0175. The highest BCUT2D eigenvalue weighted by molar-refractivity contribution is 6.45. The SMILES string of the molecule is COc1cccc2c1C(=O)c1c(O)c3c(c(O)c1C2=O)CC(C(=O)COC(=O)CCCC(=O)NCCOCCOc1cccc(C(=O)N2CCN(C(=O)C(=O)c4c[nH]c5c(-c6ccco6)ccc(OC)c45)CC2)c1)C[C@@H]3O[C@@H]1C[C@H](N)[C@H](O)[C@H](C)O1. The number of aromatic hydroxyl groups is 2. The van der Waals surface area contributed by atoms with Crippen LogP contribution in [0.4, 0.5) is 0 Å². The average Bonchev–Trinajstić information content (AvgIpc) is 0.910. The number of nitrogens with two attached hydrogens (primary N) is 1. The number of methoxy groups -OCH3 is 2. The lowest BCUT2D eigenvalue weighted by Gasteiger charge is -2.40. The molecule has 24 heteroatoms. The Morgan fingerprint density at radius 1 is 0.814 bits per heavy atom. The molecule has 7 N–H and O–H groups in total. The summed E-state index contributed by atoms with van der Waals surface area (Å²) in [5, 5.41) is 37.3. The predicted molar refractivity (Wildman–Crippen MR) is 303 cm³/mol. The molecule has 24 nitrogen and oxygen atoms in total. The van der Waals surface area contributed by atoms with Crippen LogP contribution >= 0.6 is 0 Å². The fourth-order valence-corrected chi connectivity index (χ4v) is 11.5. The number of rotatable bonds is 22. The fraction of sp³-hybridized carbons (Fsp3) is 0.387. The molecule has 3 amide bonds. The minimum absolute atomic E-state index is 0.0172. The second-order valence-electron chi connectivity index (χ2n) is 21.3. The number of phenolic OH excluding ortho intramolecular Hbond substituents is 2. The number of nitrogens with one attached hydrogen (secondary N) is 2. The number of hydrogen-bond acceptors (Lipinski definition) is 20. The van der Waals surface area contributed by atoms with Crippen LogP contribution in [0.3, 0.4) is 0 Å². The van der Waals surface area contributed by atoms with Crippen LogP contribution < -0.4 is 25.3 Å². The zero-order chi connectivity index (χ0) is 60.9. The Labute approximate surface area is 492 Å². The topological polar surface area (TPSA) is 335 Å². The van der Waals surface area contributed by atoms with Crippen molar-refractivity contribution in [1.82, 2.24) is 20.1 Å². The highest BCUT2D eigenvalue weighted by atomic mass is 16.7. The van der Waals surface area contributed by atoms with Crippen molar-refractivity contribution in [3.8, 4) is 40.1 Å². The van der Waals surface area contributed by atoms with E-state index in [0.717, 1.165) is 0 Å². The number of hydrogen-bond donors (Lipinski definition) is 6. The predicted octanol–water partition coefficient (Wildman–Crippen LogP) is 4.74. The molecule has 0 radical (unpaired) electrons. The molecule has 1 unspecified atom stereocenters. The van der Waals surface area contributed by atoms with Crippen LogP contribution in [0.15, 0.2) is 83.6 Å². The number of furan rings is 1. The number of carbonyl (C=O) groups is 8. The number of benzene rings is 4. The smallest absolute Gasteiger partial charge is 0.306 e. The Morgan fingerprint density at radius 2 is 1.57 bits per heavy atom. The zero-order valence-corrected chi connectivity index (χ0v) is 47.4. The standard InChI is InChI=1S/C62H65N5O19/c1-32-55(71)40(63)29-48(85-32)86-45-28-34(27-38-51(45)60(76)53-52(57(38)73)56(72)37-10-5-11-43(79-2)50(37)59(53)75)41(68)31-84-47(70)14-6-13-46(69)64-17-23-81-24-25-82-35-9-4-8-33(26-35)61(77)66-18-20-67(21-19-66)62(78)58(74)39-30-65-54-36(42-12-7-22-83-42)15-16-44(80-3)49(39)54/h4-5,7-12,15-16,22,26,30,32,34,40,45,48,55,65,71,73,76H,6,13-14,17-21,23-25,27-29,31,63H2,1-3H3,(H,64,69)/t32-,34?,40-,45-,48+,55+/m0/s1. The fourth-order valence-electron chi connectivity index (χ4n) is 11.5. The summed E-state index contributed by atoms with van der Waals surface area (Å²) in [4.78, 5) is 114. The summed E-state index contributed by atoms with van der Waals surface area (Å²) >= 11 is 0. The van der Waals surface area contributed by atoms with Crippen molar-refractivity contribution in [2.75, 3.05) is 73.4 Å². The molecule has 4 aromatic carbocycles. The van der Waals surface area contributed by atoms with E-state index in [0.29, 0.717) is 39.3 Å². The van der Waals surface area contributed by atoms with Crippen molar-refractivity contribution < 1.29 is 91.3 Å². The summed E-state index contributed by atoms with van der Waals surface area (Å²) < 4.78 is 45.4. The van der Waals surface area contributed by atoms with E-state index in [1.165, 1.54) is 43.5 Å². The molecule has 10 rings (SSSR count). The number of aliphatic hydroxyl groups excluding tert-OH is 1. The van der Waals surface area contributed by atoms with Crippen LogP contribution in [-0.2, 0) is 44.5 Å². The first-order valence-electron chi connectivity index (χ1n) is 28.2. The zero-order valence-electron chi connectivity index (χ0n) is 47.4. The van der Waals surface area contributed by atoms with Crippen LogP contribution in [0.25, 0.3) is 22.2 Å². The largest absolute Gasteiger partial charge is 0.507 e. The molecule has 4 aliphatic rings. The number of phenols is 2. The molecule has 6 aromatic rings. The van der Waals surface area contributed by atoms with Crippen LogP contribution in [0.2, 0.25) is 0 Å². The number of carbonyl (C=O) groups excluding carboxylic acids is 8. The highest BCUT2D eigenvalue weighted by Crippen LogP contribution is 2.52. The van der Waals surface area contributed by atoms with Gasteiger partial charge in [0, 0.05) is 98.0 Å². The molecule has 2 fully saturated rings. The third-order valence-electron chi connectivity index (χ3n) is 16.0. The van der Waals surface area contributed by atoms with Crippen LogP contribution in [0.1, 0.15) is 109 Å². The Morgan fingerprint density at radius 3 is 2.31 bits per heavy atom. The molecule has 452 valence electrons. The number of aromatic nitrogens is 1. The summed E-state index contributed by atoms with van der Waals surface area (Å²) in [6.07, 6.45) is -1.43. The first kappa shape index (κ1) is 60.2. The molecule has 2 saturated heterocycles. The second-order valence-corrected chi connectivity index (χ2v) is 21.3. The van der Waals surface area contributed by atoms with Gasteiger partial charge in [0.1, 0.15) is 47.7 Å². The van der Waals surface area contributed by atoms with E-state index in [4.69, 9.17) is 43.3 Å². The van der Waals surface area contributed by atoms with Crippen molar-refractivity contribution >= 4 is 57.7 Å². The number of H-pyrrole nitrogens is 1. The van der Waals surface area contributed by atoms with Gasteiger partial charge in [-0.25, -0.2) is 0 Å². The van der Waals surface area contributed by atoms with E-state index in [1.54, 1.807) is 60.6 Å². The van der Waals surface area contributed by atoms with Crippen molar-refractivity contribution in [1.29, 1.82) is 0 Å². The Bertz CT molecular complexity index is 3590. The monoisotopic (exact) mass is 1180 g/mol. The van der Waals surface area contributed by atoms with Crippen molar-refractivity contribution in [3.05, 3.63) is 124 Å². The van der Waals surface area contributed by atoms with Gasteiger partial charge in [-0.3, -0.25) is 38.4 Å². The molecule has 2 aromatic heterocycles. The number of ether oxygens (including phenoxy) is 7. The van der Waals surface area contributed by atoms with Gasteiger partial charge in [-0.05, 0) is 74.7 Å². The first-order chi connectivity index (χ1) is 41.5. The molecule has 86 heavy (non-hydrogen) atoms. The van der Waals surface area contributed by atoms with Crippen LogP contribution in [0.5, 0.6) is 28.7 Å².